The van der Waals surface area contributed by atoms with Gasteiger partial charge in [0.15, 0.2) is 4.34 Å². The van der Waals surface area contributed by atoms with Gasteiger partial charge in [0.1, 0.15) is 0 Å². The van der Waals surface area contributed by atoms with Gasteiger partial charge >= 0.3 is 0 Å². The lowest BCUT2D eigenvalue weighted by Gasteiger charge is -2.01. The summed E-state index contributed by atoms with van der Waals surface area (Å²) < 4.78 is 0.792. The normalized spacial score (nSPS) is 10.3. The minimum absolute atomic E-state index is 0.0985. The predicted octanol–water partition coefficient (Wildman–Crippen LogP) is 4.43. The fourth-order valence-corrected chi connectivity index (χ4v) is 4.40. The van der Waals surface area contributed by atoms with E-state index < -0.39 is 0 Å². The highest BCUT2D eigenvalue weighted by Gasteiger charge is 2.09. The molecule has 0 radical (unpaired) electrons. The van der Waals surface area contributed by atoms with Crippen molar-refractivity contribution in [3.63, 3.8) is 0 Å². The summed E-state index contributed by atoms with van der Waals surface area (Å²) >= 11 is 4.39. The molecule has 1 N–H and O–H groups in total. The van der Waals surface area contributed by atoms with Crippen LogP contribution in [0.1, 0.15) is 11.1 Å². The third kappa shape index (κ3) is 5.59. The van der Waals surface area contributed by atoms with E-state index in [1.54, 1.807) is 23.9 Å². The first-order valence-corrected chi connectivity index (χ1v) is 10.4. The van der Waals surface area contributed by atoms with Crippen LogP contribution in [0, 0.1) is 11.3 Å². The third-order valence-corrected chi connectivity index (χ3v) is 6.27. The number of hydrogen-bond acceptors (Lipinski definition) is 7. The minimum atomic E-state index is -0.0985. The first-order chi connectivity index (χ1) is 12.7. The molecule has 130 valence electrons. The zero-order valence-corrected chi connectivity index (χ0v) is 16.0. The number of aromatic nitrogens is 2. The van der Waals surface area contributed by atoms with Crippen LogP contribution in [-0.4, -0.2) is 21.9 Å². The maximum atomic E-state index is 12.0. The molecule has 0 atom stereocenters. The molecule has 0 aliphatic carbocycles. The highest BCUT2D eigenvalue weighted by molar-refractivity contribution is 8.00. The Morgan fingerprint density at radius 2 is 1.85 bits per heavy atom. The van der Waals surface area contributed by atoms with Crippen LogP contribution in [-0.2, 0) is 10.5 Å². The number of carbonyl (C=O) groups excluding carboxylic acids is 1. The van der Waals surface area contributed by atoms with Crippen LogP contribution < -0.4 is 5.32 Å². The highest BCUT2D eigenvalue weighted by atomic mass is 32.2. The Bertz CT molecular complexity index is 904. The van der Waals surface area contributed by atoms with Gasteiger partial charge < -0.3 is 0 Å². The summed E-state index contributed by atoms with van der Waals surface area (Å²) in [5.74, 6) is 0.966. The first-order valence-electron chi connectivity index (χ1n) is 7.66. The second-order valence-corrected chi connectivity index (χ2v) is 8.37. The fraction of sp³-hybridized carbons (Fsp3) is 0.111. The van der Waals surface area contributed by atoms with Crippen molar-refractivity contribution in [1.82, 2.24) is 10.2 Å². The molecule has 1 heterocycles. The summed E-state index contributed by atoms with van der Waals surface area (Å²) in [5, 5.41) is 20.2. The second-order valence-electron chi connectivity index (χ2n) is 5.12. The minimum Gasteiger partial charge on any atom is -0.300 e. The number of carbonyl (C=O) groups is 1. The summed E-state index contributed by atoms with van der Waals surface area (Å²) in [4.78, 5) is 13.1. The van der Waals surface area contributed by atoms with Crippen molar-refractivity contribution in [2.45, 2.75) is 15.0 Å². The Morgan fingerprint density at radius 3 is 2.58 bits per heavy atom. The number of benzene rings is 2. The van der Waals surface area contributed by atoms with Crippen molar-refractivity contribution in [2.24, 2.45) is 0 Å². The third-order valence-electron chi connectivity index (χ3n) is 3.21. The second kappa shape index (κ2) is 9.38. The Morgan fingerprint density at radius 1 is 1.08 bits per heavy atom. The van der Waals surface area contributed by atoms with Gasteiger partial charge in [-0.1, -0.05) is 53.4 Å². The van der Waals surface area contributed by atoms with Crippen LogP contribution >= 0.6 is 34.9 Å². The van der Waals surface area contributed by atoms with E-state index in [-0.39, 0.29) is 5.91 Å². The van der Waals surface area contributed by atoms with Crippen molar-refractivity contribution in [3.8, 4) is 6.07 Å². The Kier molecular flexibility index (Phi) is 6.66. The molecular weight excluding hydrogens is 384 g/mol. The average Bonchev–Trinajstić information content (AvgIpc) is 3.13. The molecule has 0 spiro atoms. The summed E-state index contributed by atoms with van der Waals surface area (Å²) in [7, 11) is 0. The van der Waals surface area contributed by atoms with Gasteiger partial charge in [0.2, 0.25) is 11.0 Å². The van der Waals surface area contributed by atoms with E-state index in [2.05, 4.69) is 21.6 Å². The molecule has 26 heavy (non-hydrogen) atoms. The molecule has 1 amide bonds. The summed E-state index contributed by atoms with van der Waals surface area (Å²) in [6.45, 7) is 0. The molecule has 8 heteroatoms. The monoisotopic (exact) mass is 398 g/mol. The lowest BCUT2D eigenvalue weighted by molar-refractivity contribution is -0.113. The van der Waals surface area contributed by atoms with Crippen LogP contribution in [0.5, 0.6) is 0 Å². The van der Waals surface area contributed by atoms with E-state index in [0.29, 0.717) is 16.4 Å². The van der Waals surface area contributed by atoms with E-state index in [4.69, 9.17) is 5.26 Å². The quantitative estimate of drug-likeness (QED) is 0.468. The van der Waals surface area contributed by atoms with Crippen molar-refractivity contribution in [2.75, 3.05) is 11.1 Å². The number of nitriles is 1. The van der Waals surface area contributed by atoms with E-state index in [1.165, 1.54) is 23.1 Å². The molecular formula is C18H14N4OS3. The number of hydrogen-bond donors (Lipinski definition) is 1. The molecule has 0 fully saturated rings. The first kappa shape index (κ1) is 18.5. The number of anilines is 1. The summed E-state index contributed by atoms with van der Waals surface area (Å²) in [6.07, 6.45) is 0. The molecule has 1 aromatic heterocycles. The van der Waals surface area contributed by atoms with Crippen molar-refractivity contribution < 1.29 is 4.79 Å². The van der Waals surface area contributed by atoms with Gasteiger partial charge in [-0.3, -0.25) is 10.1 Å². The molecule has 0 saturated heterocycles. The molecule has 0 bridgehead atoms. The maximum absolute atomic E-state index is 12.0. The molecule has 5 nitrogen and oxygen atoms in total. The predicted molar refractivity (Wildman–Crippen MR) is 106 cm³/mol. The van der Waals surface area contributed by atoms with Crippen molar-refractivity contribution in [1.29, 1.82) is 5.26 Å². The van der Waals surface area contributed by atoms with Gasteiger partial charge in [-0.05, 0) is 29.8 Å². The number of rotatable bonds is 7. The molecule has 2 aromatic carbocycles. The fourth-order valence-electron chi connectivity index (χ4n) is 1.96. The van der Waals surface area contributed by atoms with E-state index >= 15 is 0 Å². The summed E-state index contributed by atoms with van der Waals surface area (Å²) in [6, 6.07) is 19.3. The number of nitrogens with zero attached hydrogens (tertiary/aromatic N) is 3. The van der Waals surface area contributed by atoms with Crippen LogP contribution in [0.4, 0.5) is 5.13 Å². The molecule has 0 saturated carbocycles. The van der Waals surface area contributed by atoms with Gasteiger partial charge in [0.05, 0.1) is 17.4 Å². The van der Waals surface area contributed by atoms with E-state index in [0.717, 1.165) is 20.6 Å². The van der Waals surface area contributed by atoms with Crippen LogP contribution in [0.2, 0.25) is 0 Å². The largest absolute Gasteiger partial charge is 0.300 e. The Labute approximate surface area is 163 Å². The number of thioether (sulfide) groups is 2. The molecule has 3 rings (SSSR count). The van der Waals surface area contributed by atoms with Gasteiger partial charge in [0.25, 0.3) is 0 Å². The smallest absolute Gasteiger partial charge is 0.236 e. The SMILES string of the molecule is N#Cc1ccc(CSc2nnc(NC(=O)CSc3ccccc3)s2)cc1. The van der Waals surface area contributed by atoms with Gasteiger partial charge in [-0.25, -0.2) is 0 Å². The zero-order chi connectivity index (χ0) is 18.2. The lowest BCUT2D eigenvalue weighted by atomic mass is 10.2. The zero-order valence-electron chi connectivity index (χ0n) is 13.6. The van der Waals surface area contributed by atoms with Gasteiger partial charge in [-0.2, -0.15) is 5.26 Å². The highest BCUT2D eigenvalue weighted by Crippen LogP contribution is 2.28. The van der Waals surface area contributed by atoms with Gasteiger partial charge in [-0.15, -0.1) is 22.0 Å². The van der Waals surface area contributed by atoms with Crippen LogP contribution in [0.15, 0.2) is 63.8 Å². The Balaban J connectivity index is 1.46. The number of amides is 1. The van der Waals surface area contributed by atoms with Crippen molar-refractivity contribution >= 4 is 45.9 Å². The van der Waals surface area contributed by atoms with E-state index in [1.807, 2.05) is 42.5 Å². The van der Waals surface area contributed by atoms with Crippen LogP contribution in [0.25, 0.3) is 0 Å². The summed E-state index contributed by atoms with van der Waals surface area (Å²) in [5.41, 5.74) is 1.75. The molecule has 0 aliphatic rings. The topological polar surface area (TPSA) is 78.7 Å². The van der Waals surface area contributed by atoms with Gasteiger partial charge in [0, 0.05) is 10.6 Å². The van der Waals surface area contributed by atoms with Crippen molar-refractivity contribution in [3.05, 3.63) is 65.7 Å². The lowest BCUT2D eigenvalue weighted by Crippen LogP contribution is -2.13. The van der Waals surface area contributed by atoms with Crippen LogP contribution in [0.3, 0.4) is 0 Å². The average molecular weight is 399 g/mol. The molecule has 0 aliphatic heterocycles. The standard InChI is InChI=1S/C18H14N4OS3/c19-10-13-6-8-14(9-7-13)11-25-18-22-21-17(26-18)20-16(23)12-24-15-4-2-1-3-5-15/h1-9H,11-12H2,(H,20,21,23). The van der Waals surface area contributed by atoms with E-state index in [9.17, 15) is 4.79 Å². The maximum Gasteiger partial charge on any atom is 0.236 e. The molecule has 3 aromatic rings. The Hall–Kier alpha value is -2.34. The molecule has 0 unspecified atom stereocenters. The number of nitrogens with one attached hydrogen (secondary N) is 1.